The summed E-state index contributed by atoms with van der Waals surface area (Å²) in [4.78, 5) is 26.1. The Bertz CT molecular complexity index is 556. The summed E-state index contributed by atoms with van der Waals surface area (Å²) in [5.41, 5.74) is 3.13. The number of carbonyl (C=O) groups is 2. The second-order valence-electron chi connectivity index (χ2n) is 5.36. The van der Waals surface area contributed by atoms with Gasteiger partial charge in [0.1, 0.15) is 6.04 Å². The first-order valence-corrected chi connectivity index (χ1v) is 7.06. The second-order valence-corrected chi connectivity index (χ2v) is 5.36. The van der Waals surface area contributed by atoms with Gasteiger partial charge in [0.15, 0.2) is 0 Å². The van der Waals surface area contributed by atoms with E-state index in [1.165, 1.54) is 11.1 Å². The van der Waals surface area contributed by atoms with Crippen LogP contribution in [0.3, 0.4) is 0 Å². The Hall–Kier alpha value is -1.88. The van der Waals surface area contributed by atoms with Crippen molar-refractivity contribution in [2.45, 2.75) is 32.0 Å². The lowest BCUT2D eigenvalue weighted by molar-refractivity contribution is -0.124. The third kappa shape index (κ3) is 2.18. The molecule has 3 rings (SSSR count). The van der Waals surface area contributed by atoms with E-state index in [1.807, 2.05) is 18.2 Å². The molecule has 1 unspecified atom stereocenters. The third-order valence-corrected chi connectivity index (χ3v) is 4.15. The molecule has 2 N–H and O–H groups in total. The highest BCUT2D eigenvalue weighted by Crippen LogP contribution is 2.23. The molecule has 0 bridgehead atoms. The molecule has 2 heterocycles. The molecular formula is C15H19N3O2. The molecule has 1 aromatic carbocycles. The number of carbonyl (C=O) groups excluding carboxylic acids is 2. The van der Waals surface area contributed by atoms with Crippen LogP contribution in [0.15, 0.2) is 18.2 Å². The highest BCUT2D eigenvalue weighted by atomic mass is 16.2. The molecule has 1 fully saturated rings. The summed E-state index contributed by atoms with van der Waals surface area (Å²) >= 11 is 0. The smallest absolute Gasteiger partial charge is 0.254 e. The van der Waals surface area contributed by atoms with Crippen molar-refractivity contribution in [1.82, 2.24) is 15.5 Å². The van der Waals surface area contributed by atoms with Gasteiger partial charge in [0, 0.05) is 32.2 Å². The molecule has 1 atom stereocenters. The molecule has 0 spiro atoms. The van der Waals surface area contributed by atoms with E-state index in [4.69, 9.17) is 0 Å². The molecule has 2 amide bonds. The molecule has 20 heavy (non-hydrogen) atoms. The first-order valence-electron chi connectivity index (χ1n) is 7.06. The van der Waals surface area contributed by atoms with Crippen LogP contribution in [-0.4, -0.2) is 36.3 Å². The molecule has 2 aliphatic rings. The zero-order chi connectivity index (χ0) is 14.1. The molecular weight excluding hydrogens is 254 g/mol. The van der Waals surface area contributed by atoms with Crippen LogP contribution in [0.2, 0.25) is 0 Å². The minimum absolute atomic E-state index is 0.0363. The largest absolute Gasteiger partial charge is 0.357 e. The van der Waals surface area contributed by atoms with Crippen LogP contribution in [-0.2, 0) is 17.9 Å². The molecule has 1 aromatic rings. The van der Waals surface area contributed by atoms with Crippen molar-refractivity contribution in [2.75, 3.05) is 13.6 Å². The van der Waals surface area contributed by atoms with Gasteiger partial charge in [0.05, 0.1) is 0 Å². The predicted octanol–water partition coefficient (Wildman–Crippen LogP) is 0.640. The predicted molar refractivity (Wildman–Crippen MR) is 75.1 cm³/mol. The van der Waals surface area contributed by atoms with Crippen LogP contribution in [0.5, 0.6) is 0 Å². The molecule has 5 nitrogen and oxygen atoms in total. The molecule has 0 saturated carbocycles. The Kier molecular flexibility index (Phi) is 3.44. The maximum absolute atomic E-state index is 12.6. The summed E-state index contributed by atoms with van der Waals surface area (Å²) in [5, 5.41) is 5.91. The lowest BCUT2D eigenvalue weighted by Gasteiger charge is -2.23. The van der Waals surface area contributed by atoms with E-state index in [0.29, 0.717) is 12.1 Å². The van der Waals surface area contributed by atoms with Crippen LogP contribution >= 0.6 is 0 Å². The van der Waals surface area contributed by atoms with Crippen molar-refractivity contribution >= 4 is 11.8 Å². The highest BCUT2D eigenvalue weighted by Gasteiger charge is 2.34. The van der Waals surface area contributed by atoms with Crippen LogP contribution in [0.1, 0.15) is 34.3 Å². The lowest BCUT2D eigenvalue weighted by Crippen LogP contribution is -2.44. The van der Waals surface area contributed by atoms with Gasteiger partial charge in [-0.05, 0) is 36.1 Å². The molecule has 2 aliphatic heterocycles. The minimum Gasteiger partial charge on any atom is -0.357 e. The van der Waals surface area contributed by atoms with Crippen LogP contribution < -0.4 is 10.6 Å². The fourth-order valence-corrected chi connectivity index (χ4v) is 3.04. The van der Waals surface area contributed by atoms with Crippen molar-refractivity contribution < 1.29 is 9.59 Å². The van der Waals surface area contributed by atoms with Gasteiger partial charge in [0.2, 0.25) is 5.91 Å². The van der Waals surface area contributed by atoms with Crippen LogP contribution in [0.25, 0.3) is 0 Å². The number of hydrogen-bond acceptors (Lipinski definition) is 3. The molecule has 0 aromatic heterocycles. The monoisotopic (exact) mass is 273 g/mol. The summed E-state index contributed by atoms with van der Waals surface area (Å²) in [6.45, 7) is 2.34. The number of likely N-dealkylation sites (tertiary alicyclic amines) is 1. The van der Waals surface area contributed by atoms with E-state index in [2.05, 4.69) is 10.6 Å². The number of amides is 2. The Morgan fingerprint density at radius 1 is 1.30 bits per heavy atom. The Morgan fingerprint density at radius 3 is 2.90 bits per heavy atom. The number of nitrogens with one attached hydrogen (secondary N) is 2. The van der Waals surface area contributed by atoms with E-state index in [0.717, 1.165) is 25.9 Å². The summed E-state index contributed by atoms with van der Waals surface area (Å²) in [6.07, 6.45) is 1.63. The average molecular weight is 273 g/mol. The topological polar surface area (TPSA) is 61.4 Å². The van der Waals surface area contributed by atoms with E-state index >= 15 is 0 Å². The van der Waals surface area contributed by atoms with Gasteiger partial charge < -0.3 is 15.5 Å². The number of benzene rings is 1. The van der Waals surface area contributed by atoms with E-state index < -0.39 is 0 Å². The van der Waals surface area contributed by atoms with Crippen molar-refractivity contribution in [2.24, 2.45) is 0 Å². The third-order valence-electron chi connectivity index (χ3n) is 4.15. The maximum atomic E-state index is 12.6. The van der Waals surface area contributed by atoms with Gasteiger partial charge in [-0.1, -0.05) is 6.07 Å². The maximum Gasteiger partial charge on any atom is 0.254 e. The first kappa shape index (κ1) is 13.1. The van der Waals surface area contributed by atoms with Crippen molar-refractivity contribution in [3.63, 3.8) is 0 Å². The molecule has 106 valence electrons. The van der Waals surface area contributed by atoms with Crippen LogP contribution in [0, 0.1) is 0 Å². The second kappa shape index (κ2) is 5.25. The van der Waals surface area contributed by atoms with Gasteiger partial charge in [0.25, 0.3) is 5.91 Å². The number of fused-ring (bicyclic) bond motifs is 1. The normalized spacial score (nSPS) is 20.9. The molecule has 1 saturated heterocycles. The van der Waals surface area contributed by atoms with Crippen molar-refractivity contribution in [3.8, 4) is 0 Å². The summed E-state index contributed by atoms with van der Waals surface area (Å²) < 4.78 is 0. The van der Waals surface area contributed by atoms with Gasteiger partial charge >= 0.3 is 0 Å². The Morgan fingerprint density at radius 2 is 2.10 bits per heavy atom. The van der Waals surface area contributed by atoms with E-state index in [9.17, 15) is 9.59 Å². The van der Waals surface area contributed by atoms with Gasteiger partial charge in [-0.25, -0.2) is 0 Å². The minimum atomic E-state index is -0.320. The first-order chi connectivity index (χ1) is 9.70. The van der Waals surface area contributed by atoms with Crippen molar-refractivity contribution in [1.29, 1.82) is 0 Å². The van der Waals surface area contributed by atoms with Crippen LogP contribution in [0.4, 0.5) is 0 Å². The lowest BCUT2D eigenvalue weighted by atomic mass is 10.1. The number of hydrogen-bond donors (Lipinski definition) is 2. The summed E-state index contributed by atoms with van der Waals surface area (Å²) in [6, 6.07) is 5.51. The summed E-state index contributed by atoms with van der Waals surface area (Å²) in [7, 11) is 1.62. The van der Waals surface area contributed by atoms with Gasteiger partial charge in [-0.2, -0.15) is 0 Å². The molecule has 5 heteroatoms. The molecule has 0 radical (unpaired) electrons. The molecule has 0 aliphatic carbocycles. The number of nitrogens with zero attached hydrogens (tertiary/aromatic N) is 1. The quantitative estimate of drug-likeness (QED) is 0.831. The highest BCUT2D eigenvalue weighted by molar-refractivity contribution is 5.98. The fourth-order valence-electron chi connectivity index (χ4n) is 3.04. The average Bonchev–Trinajstić information content (AvgIpc) is 3.13. The SMILES string of the molecule is CNC(=O)C1CCCN1C(=O)c1ccc2c(c1)CNC2. The number of rotatable bonds is 2. The standard InChI is InChI=1S/C15H19N3O2/c1-16-14(19)13-3-2-6-18(13)15(20)10-4-5-11-8-17-9-12(11)7-10/h4-5,7,13,17H,2-3,6,8-9H2,1H3,(H,16,19). The Labute approximate surface area is 118 Å². The zero-order valence-electron chi connectivity index (χ0n) is 11.6. The Balaban J connectivity index is 1.83. The van der Waals surface area contributed by atoms with Gasteiger partial charge in [-0.15, -0.1) is 0 Å². The van der Waals surface area contributed by atoms with Gasteiger partial charge in [-0.3, -0.25) is 9.59 Å². The fraction of sp³-hybridized carbons (Fsp3) is 0.467. The van der Waals surface area contributed by atoms with E-state index in [-0.39, 0.29) is 17.9 Å². The zero-order valence-corrected chi connectivity index (χ0v) is 11.6. The summed E-state index contributed by atoms with van der Waals surface area (Å²) in [5.74, 6) is -0.107. The number of likely N-dealkylation sites (N-methyl/N-ethyl adjacent to an activating group) is 1. The van der Waals surface area contributed by atoms with E-state index in [1.54, 1.807) is 11.9 Å². The van der Waals surface area contributed by atoms with Crippen molar-refractivity contribution in [3.05, 3.63) is 34.9 Å².